The second-order valence-electron chi connectivity index (χ2n) is 5.95. The largest absolute Gasteiger partial charge is 0.478 e. The molecular formula is C16H24N2O2. The van der Waals surface area contributed by atoms with Gasteiger partial charge < -0.3 is 10.0 Å². The molecule has 4 nitrogen and oxygen atoms in total. The molecule has 4 heteroatoms. The van der Waals surface area contributed by atoms with Gasteiger partial charge in [0, 0.05) is 18.3 Å². The van der Waals surface area contributed by atoms with Crippen molar-refractivity contribution in [3.8, 4) is 0 Å². The number of nitrogens with zero attached hydrogens (tertiary/aromatic N) is 2. The van der Waals surface area contributed by atoms with Gasteiger partial charge in [-0.2, -0.15) is 0 Å². The van der Waals surface area contributed by atoms with Gasteiger partial charge >= 0.3 is 5.97 Å². The molecule has 1 aromatic rings. The Morgan fingerprint density at radius 1 is 1.45 bits per heavy atom. The summed E-state index contributed by atoms with van der Waals surface area (Å²) in [5.41, 5.74) is 1.23. The molecule has 1 aliphatic rings. The van der Waals surface area contributed by atoms with Crippen molar-refractivity contribution in [2.24, 2.45) is 5.92 Å². The number of aromatic nitrogens is 1. The van der Waals surface area contributed by atoms with Crippen LogP contribution in [0, 0.1) is 5.92 Å². The van der Waals surface area contributed by atoms with Crippen molar-refractivity contribution in [2.45, 2.75) is 52.5 Å². The zero-order valence-corrected chi connectivity index (χ0v) is 12.6. The van der Waals surface area contributed by atoms with Crippen LogP contribution in [-0.4, -0.2) is 28.6 Å². The van der Waals surface area contributed by atoms with E-state index in [1.165, 1.54) is 12.8 Å². The minimum absolute atomic E-state index is 0.335. The fourth-order valence-electron chi connectivity index (χ4n) is 2.37. The minimum Gasteiger partial charge on any atom is -0.478 e. The second kappa shape index (κ2) is 6.25. The SMILES string of the molecule is CCCc1cc(C(=O)O)cc(N(CC2CC2)C(C)C)n1. The highest BCUT2D eigenvalue weighted by Crippen LogP contribution is 2.32. The fourth-order valence-corrected chi connectivity index (χ4v) is 2.37. The maximum Gasteiger partial charge on any atom is 0.335 e. The lowest BCUT2D eigenvalue weighted by Gasteiger charge is -2.28. The number of pyridine rings is 1. The normalized spacial score (nSPS) is 14.6. The molecule has 1 heterocycles. The summed E-state index contributed by atoms with van der Waals surface area (Å²) in [6, 6.07) is 3.75. The Hall–Kier alpha value is -1.58. The molecule has 20 heavy (non-hydrogen) atoms. The molecule has 1 N–H and O–H groups in total. The molecule has 0 unspecified atom stereocenters. The average molecular weight is 276 g/mol. The van der Waals surface area contributed by atoms with E-state index in [1.54, 1.807) is 12.1 Å². The Kier molecular flexibility index (Phi) is 4.63. The van der Waals surface area contributed by atoms with Gasteiger partial charge in [0.15, 0.2) is 0 Å². The quantitative estimate of drug-likeness (QED) is 0.829. The predicted octanol–water partition coefficient (Wildman–Crippen LogP) is 3.36. The van der Waals surface area contributed by atoms with Gasteiger partial charge in [-0.05, 0) is 51.2 Å². The van der Waals surface area contributed by atoms with Gasteiger partial charge in [-0.1, -0.05) is 13.3 Å². The third kappa shape index (κ3) is 3.71. The van der Waals surface area contributed by atoms with Crippen LogP contribution in [-0.2, 0) is 6.42 Å². The van der Waals surface area contributed by atoms with Gasteiger partial charge in [-0.25, -0.2) is 9.78 Å². The Balaban J connectivity index is 2.32. The van der Waals surface area contributed by atoms with Gasteiger partial charge in [-0.3, -0.25) is 0 Å². The van der Waals surface area contributed by atoms with E-state index in [9.17, 15) is 9.90 Å². The molecular weight excluding hydrogens is 252 g/mol. The number of carboxylic acids is 1. The van der Waals surface area contributed by atoms with E-state index in [4.69, 9.17) is 0 Å². The molecule has 1 aliphatic carbocycles. The molecule has 0 saturated heterocycles. The van der Waals surface area contributed by atoms with Gasteiger partial charge in [0.25, 0.3) is 0 Å². The lowest BCUT2D eigenvalue weighted by molar-refractivity contribution is 0.0696. The van der Waals surface area contributed by atoms with Crippen LogP contribution >= 0.6 is 0 Å². The minimum atomic E-state index is -0.874. The van der Waals surface area contributed by atoms with Crippen LogP contribution in [0.1, 0.15) is 56.1 Å². The van der Waals surface area contributed by atoms with Crippen molar-refractivity contribution in [3.05, 3.63) is 23.4 Å². The summed E-state index contributed by atoms with van der Waals surface area (Å²) in [5, 5.41) is 9.27. The van der Waals surface area contributed by atoms with Gasteiger partial charge in [0.2, 0.25) is 0 Å². The van der Waals surface area contributed by atoms with E-state index >= 15 is 0 Å². The third-order valence-electron chi connectivity index (χ3n) is 3.69. The van der Waals surface area contributed by atoms with Crippen molar-refractivity contribution < 1.29 is 9.90 Å². The molecule has 0 aliphatic heterocycles. The fraction of sp³-hybridized carbons (Fsp3) is 0.625. The highest BCUT2D eigenvalue weighted by Gasteiger charge is 2.26. The maximum atomic E-state index is 11.3. The van der Waals surface area contributed by atoms with Crippen molar-refractivity contribution in [2.75, 3.05) is 11.4 Å². The first kappa shape index (κ1) is 14.8. The molecule has 1 fully saturated rings. The first-order chi connectivity index (χ1) is 9.51. The van der Waals surface area contributed by atoms with Crippen LogP contribution in [0.25, 0.3) is 0 Å². The molecule has 1 aromatic heterocycles. The first-order valence-electron chi connectivity index (χ1n) is 7.52. The molecule has 1 saturated carbocycles. The standard InChI is InChI=1S/C16H24N2O2/c1-4-5-14-8-13(16(19)20)9-15(17-14)18(11(2)3)10-12-6-7-12/h8-9,11-12H,4-7,10H2,1-3H3,(H,19,20). The lowest BCUT2D eigenvalue weighted by atomic mass is 10.1. The Morgan fingerprint density at radius 2 is 2.15 bits per heavy atom. The summed E-state index contributed by atoms with van der Waals surface area (Å²) in [7, 11) is 0. The number of hydrogen-bond acceptors (Lipinski definition) is 3. The van der Waals surface area contributed by atoms with Crippen molar-refractivity contribution in [3.63, 3.8) is 0 Å². The summed E-state index contributed by atoms with van der Waals surface area (Å²) < 4.78 is 0. The van der Waals surface area contributed by atoms with Crippen LogP contribution in [0.5, 0.6) is 0 Å². The molecule has 2 rings (SSSR count). The molecule has 0 atom stereocenters. The van der Waals surface area contributed by atoms with E-state index in [2.05, 4.69) is 30.7 Å². The third-order valence-corrected chi connectivity index (χ3v) is 3.69. The highest BCUT2D eigenvalue weighted by atomic mass is 16.4. The van der Waals surface area contributed by atoms with Crippen molar-refractivity contribution in [1.82, 2.24) is 4.98 Å². The predicted molar refractivity (Wildman–Crippen MR) is 80.4 cm³/mol. The maximum absolute atomic E-state index is 11.3. The molecule has 0 amide bonds. The number of aromatic carboxylic acids is 1. The molecule has 0 aromatic carbocycles. The Morgan fingerprint density at radius 3 is 2.65 bits per heavy atom. The molecule has 110 valence electrons. The first-order valence-corrected chi connectivity index (χ1v) is 7.52. The summed E-state index contributed by atoms with van der Waals surface area (Å²) in [5.74, 6) is 0.693. The number of anilines is 1. The van der Waals surface area contributed by atoms with Gasteiger partial charge in [0.05, 0.1) is 5.56 Å². The zero-order chi connectivity index (χ0) is 14.7. The number of carbonyl (C=O) groups is 1. The summed E-state index contributed by atoms with van der Waals surface area (Å²) >= 11 is 0. The van der Waals surface area contributed by atoms with Gasteiger partial charge in [-0.15, -0.1) is 0 Å². The molecule has 0 bridgehead atoms. The van der Waals surface area contributed by atoms with Crippen molar-refractivity contribution >= 4 is 11.8 Å². The van der Waals surface area contributed by atoms with E-state index in [0.717, 1.165) is 36.8 Å². The summed E-state index contributed by atoms with van der Waals surface area (Å²) in [4.78, 5) is 18.2. The van der Waals surface area contributed by atoms with E-state index in [-0.39, 0.29) is 0 Å². The molecule has 0 radical (unpaired) electrons. The highest BCUT2D eigenvalue weighted by molar-refractivity contribution is 5.88. The summed E-state index contributed by atoms with van der Waals surface area (Å²) in [6.45, 7) is 7.34. The number of rotatable bonds is 7. The van der Waals surface area contributed by atoms with Crippen LogP contribution in [0.4, 0.5) is 5.82 Å². The van der Waals surface area contributed by atoms with Crippen LogP contribution in [0.2, 0.25) is 0 Å². The zero-order valence-electron chi connectivity index (χ0n) is 12.6. The Labute approximate surface area is 120 Å². The van der Waals surface area contributed by atoms with E-state index < -0.39 is 5.97 Å². The van der Waals surface area contributed by atoms with Crippen LogP contribution in [0.3, 0.4) is 0 Å². The number of hydrogen-bond donors (Lipinski definition) is 1. The summed E-state index contributed by atoms with van der Waals surface area (Å²) in [6.07, 6.45) is 4.36. The number of aryl methyl sites for hydroxylation is 1. The smallest absolute Gasteiger partial charge is 0.335 e. The van der Waals surface area contributed by atoms with Crippen LogP contribution < -0.4 is 4.90 Å². The average Bonchev–Trinajstić information content (AvgIpc) is 3.19. The lowest BCUT2D eigenvalue weighted by Crippen LogP contribution is -2.33. The molecule has 0 spiro atoms. The Bertz CT molecular complexity index is 481. The monoisotopic (exact) mass is 276 g/mol. The van der Waals surface area contributed by atoms with Crippen LogP contribution in [0.15, 0.2) is 12.1 Å². The topological polar surface area (TPSA) is 53.4 Å². The second-order valence-corrected chi connectivity index (χ2v) is 5.95. The number of carboxylic acid groups (broad SMARTS) is 1. The van der Waals surface area contributed by atoms with Gasteiger partial charge in [0.1, 0.15) is 5.82 Å². The van der Waals surface area contributed by atoms with E-state index in [1.807, 2.05) is 0 Å². The van der Waals surface area contributed by atoms with E-state index in [0.29, 0.717) is 11.6 Å². The van der Waals surface area contributed by atoms with Crippen molar-refractivity contribution in [1.29, 1.82) is 0 Å².